The topological polar surface area (TPSA) is 89.0 Å². The number of ketones is 1. The van der Waals surface area contributed by atoms with Crippen molar-refractivity contribution >= 4 is 28.3 Å². The zero-order valence-corrected chi connectivity index (χ0v) is 17.4. The van der Waals surface area contributed by atoms with Crippen LogP contribution in [0.3, 0.4) is 0 Å². The fourth-order valence-corrected chi connectivity index (χ4v) is 4.49. The van der Waals surface area contributed by atoms with Gasteiger partial charge in [0.15, 0.2) is 5.78 Å². The second-order valence-corrected chi connectivity index (χ2v) is 8.81. The Morgan fingerprint density at radius 1 is 1.34 bits per heavy atom. The highest BCUT2D eigenvalue weighted by molar-refractivity contribution is 6.31. The molecule has 2 heterocycles. The van der Waals surface area contributed by atoms with E-state index in [1.807, 2.05) is 32.0 Å². The van der Waals surface area contributed by atoms with Gasteiger partial charge in [0, 0.05) is 29.4 Å². The van der Waals surface area contributed by atoms with Crippen LogP contribution in [0.2, 0.25) is 5.15 Å². The van der Waals surface area contributed by atoms with Crippen LogP contribution in [0.4, 0.5) is 0 Å². The second kappa shape index (κ2) is 6.89. The molecule has 0 bridgehead atoms. The lowest BCUT2D eigenvalue weighted by atomic mass is 9.70. The smallest absolute Gasteiger partial charge is 0.205 e. The molecule has 29 heavy (non-hydrogen) atoms. The average molecular weight is 408 g/mol. The predicted octanol–water partition coefficient (Wildman–Crippen LogP) is 4.90. The Labute approximate surface area is 174 Å². The third kappa shape index (κ3) is 3.28. The quantitative estimate of drug-likeness (QED) is 0.715. The number of allylic oxidation sites excluding steroid dienone is 3. The molecule has 1 aromatic heterocycles. The van der Waals surface area contributed by atoms with Gasteiger partial charge in [0.1, 0.15) is 22.6 Å². The number of ether oxygens (including phenoxy) is 1. The standard InChI is InChI=1S/C23H22ClN3O2/c1-4-12-5-6-16-13(7-12)8-14(21(24)27-16)19-15(11-25)22(26)29-18-10-23(2,3)9-17(28)20(18)19/h5-8,19H,4,9-10,26H2,1-3H3/t19-/m1/s1. The molecule has 0 spiro atoms. The summed E-state index contributed by atoms with van der Waals surface area (Å²) in [5.74, 6) is -0.145. The summed E-state index contributed by atoms with van der Waals surface area (Å²) in [4.78, 5) is 17.6. The van der Waals surface area contributed by atoms with Crippen molar-refractivity contribution in [2.75, 3.05) is 0 Å². The fraction of sp³-hybridized carbons (Fsp3) is 0.348. The fourth-order valence-electron chi connectivity index (χ4n) is 4.24. The summed E-state index contributed by atoms with van der Waals surface area (Å²) in [6.45, 7) is 6.12. The maximum absolute atomic E-state index is 13.1. The SMILES string of the molecule is CCc1ccc2nc(Cl)c([C@@H]3C(C#N)=C(N)OC4=C3C(=O)CC(C)(C)C4)cc2c1. The normalized spacial score (nSPS) is 21.1. The summed E-state index contributed by atoms with van der Waals surface area (Å²) in [5, 5.41) is 11.0. The van der Waals surface area contributed by atoms with E-state index in [9.17, 15) is 10.1 Å². The first-order valence-corrected chi connectivity index (χ1v) is 10.0. The van der Waals surface area contributed by atoms with Crippen LogP contribution in [-0.4, -0.2) is 10.8 Å². The number of aromatic nitrogens is 1. The minimum atomic E-state index is -0.665. The van der Waals surface area contributed by atoms with E-state index in [1.165, 1.54) is 5.56 Å². The summed E-state index contributed by atoms with van der Waals surface area (Å²) in [7, 11) is 0. The number of hydrogen-bond donors (Lipinski definition) is 1. The van der Waals surface area contributed by atoms with Gasteiger partial charge in [-0.3, -0.25) is 4.79 Å². The molecule has 2 aromatic rings. The van der Waals surface area contributed by atoms with Gasteiger partial charge in [-0.05, 0) is 35.6 Å². The second-order valence-electron chi connectivity index (χ2n) is 8.45. The van der Waals surface area contributed by atoms with Crippen LogP contribution in [0, 0.1) is 16.7 Å². The van der Waals surface area contributed by atoms with E-state index in [0.717, 1.165) is 17.3 Å². The molecule has 0 amide bonds. The number of aryl methyl sites for hydroxylation is 1. The van der Waals surface area contributed by atoms with Crippen LogP contribution in [0.15, 0.2) is 47.1 Å². The molecule has 2 N–H and O–H groups in total. The van der Waals surface area contributed by atoms with Crippen molar-refractivity contribution < 1.29 is 9.53 Å². The molecule has 0 saturated heterocycles. The molecule has 0 unspecified atom stereocenters. The first-order chi connectivity index (χ1) is 13.7. The van der Waals surface area contributed by atoms with E-state index in [0.29, 0.717) is 29.7 Å². The van der Waals surface area contributed by atoms with E-state index in [1.54, 1.807) is 0 Å². The van der Waals surface area contributed by atoms with E-state index in [-0.39, 0.29) is 27.8 Å². The van der Waals surface area contributed by atoms with Gasteiger partial charge in [-0.2, -0.15) is 5.26 Å². The van der Waals surface area contributed by atoms with Gasteiger partial charge in [0.2, 0.25) is 5.88 Å². The number of rotatable bonds is 2. The Hall–Kier alpha value is -2.84. The molecule has 1 aliphatic carbocycles. The number of hydrogen-bond acceptors (Lipinski definition) is 5. The van der Waals surface area contributed by atoms with E-state index in [4.69, 9.17) is 22.1 Å². The third-order valence-electron chi connectivity index (χ3n) is 5.65. The van der Waals surface area contributed by atoms with Crippen molar-refractivity contribution in [3.05, 3.63) is 63.3 Å². The van der Waals surface area contributed by atoms with Gasteiger partial charge in [0.25, 0.3) is 0 Å². The highest BCUT2D eigenvalue weighted by Gasteiger charge is 2.43. The summed E-state index contributed by atoms with van der Waals surface area (Å²) in [6.07, 6.45) is 1.84. The minimum Gasteiger partial charge on any atom is -0.444 e. The molecule has 0 fully saturated rings. The number of nitriles is 1. The molecule has 2 aliphatic rings. The van der Waals surface area contributed by atoms with Crippen LogP contribution in [0.5, 0.6) is 0 Å². The van der Waals surface area contributed by atoms with Crippen LogP contribution in [0.25, 0.3) is 10.9 Å². The summed E-state index contributed by atoms with van der Waals surface area (Å²) in [6, 6.07) is 10.1. The Balaban J connectivity index is 1.96. The largest absolute Gasteiger partial charge is 0.444 e. The van der Waals surface area contributed by atoms with Crippen LogP contribution in [0.1, 0.15) is 50.7 Å². The zero-order chi connectivity index (χ0) is 20.9. The van der Waals surface area contributed by atoms with Gasteiger partial charge < -0.3 is 10.5 Å². The number of fused-ring (bicyclic) bond motifs is 1. The highest BCUT2D eigenvalue weighted by Crippen LogP contribution is 2.49. The Kier molecular flexibility index (Phi) is 4.63. The van der Waals surface area contributed by atoms with Crippen molar-refractivity contribution in [1.82, 2.24) is 4.98 Å². The molecule has 4 rings (SSSR count). The van der Waals surface area contributed by atoms with E-state index < -0.39 is 5.92 Å². The lowest BCUT2D eigenvalue weighted by molar-refractivity contribution is -0.119. The summed E-state index contributed by atoms with van der Waals surface area (Å²) in [5.41, 5.74) is 9.09. The summed E-state index contributed by atoms with van der Waals surface area (Å²) < 4.78 is 5.75. The number of nitrogens with zero attached hydrogens (tertiary/aromatic N) is 2. The molecule has 0 radical (unpaired) electrons. The first kappa shape index (κ1) is 19.5. The highest BCUT2D eigenvalue weighted by atomic mass is 35.5. The molecule has 1 aliphatic heterocycles. The predicted molar refractivity (Wildman–Crippen MR) is 112 cm³/mol. The Morgan fingerprint density at radius 3 is 2.79 bits per heavy atom. The van der Waals surface area contributed by atoms with Gasteiger partial charge in [-0.1, -0.05) is 38.4 Å². The minimum absolute atomic E-state index is 0.0280. The molecule has 1 aromatic carbocycles. The molecule has 1 atom stereocenters. The van der Waals surface area contributed by atoms with Crippen molar-refractivity contribution in [2.24, 2.45) is 11.1 Å². The number of nitrogens with two attached hydrogens (primary N) is 1. The molecule has 0 saturated carbocycles. The number of halogens is 1. The number of benzene rings is 1. The molecule has 6 heteroatoms. The molecular formula is C23H22ClN3O2. The maximum atomic E-state index is 13.1. The van der Waals surface area contributed by atoms with Crippen molar-refractivity contribution in [1.29, 1.82) is 5.26 Å². The lowest BCUT2D eigenvalue weighted by Gasteiger charge is -2.37. The first-order valence-electron chi connectivity index (χ1n) is 9.67. The molecule has 148 valence electrons. The lowest BCUT2D eigenvalue weighted by Crippen LogP contribution is -2.33. The van der Waals surface area contributed by atoms with Crippen LogP contribution in [-0.2, 0) is 16.0 Å². The number of carbonyl (C=O) groups is 1. The van der Waals surface area contributed by atoms with E-state index >= 15 is 0 Å². The third-order valence-corrected chi connectivity index (χ3v) is 5.96. The van der Waals surface area contributed by atoms with Crippen molar-refractivity contribution in [3.63, 3.8) is 0 Å². The maximum Gasteiger partial charge on any atom is 0.205 e. The Morgan fingerprint density at radius 2 is 2.10 bits per heavy atom. The van der Waals surface area contributed by atoms with Gasteiger partial charge in [0.05, 0.1) is 11.4 Å². The van der Waals surface area contributed by atoms with Gasteiger partial charge in [-0.15, -0.1) is 0 Å². The Bertz CT molecular complexity index is 1150. The van der Waals surface area contributed by atoms with Gasteiger partial charge in [-0.25, -0.2) is 4.98 Å². The zero-order valence-electron chi connectivity index (χ0n) is 16.7. The monoisotopic (exact) mass is 407 g/mol. The number of pyridine rings is 1. The van der Waals surface area contributed by atoms with Crippen molar-refractivity contribution in [2.45, 2.75) is 46.0 Å². The molecule has 5 nitrogen and oxygen atoms in total. The average Bonchev–Trinajstić information content (AvgIpc) is 2.65. The molecular weight excluding hydrogens is 386 g/mol. The summed E-state index contributed by atoms with van der Waals surface area (Å²) >= 11 is 6.56. The van der Waals surface area contributed by atoms with Crippen molar-refractivity contribution in [3.8, 4) is 6.07 Å². The number of carbonyl (C=O) groups excluding carboxylic acids is 1. The van der Waals surface area contributed by atoms with Crippen LogP contribution < -0.4 is 5.73 Å². The van der Waals surface area contributed by atoms with Gasteiger partial charge >= 0.3 is 0 Å². The number of Topliss-reactive ketones (excluding diaryl/α,β-unsaturated/α-hetero) is 1. The van der Waals surface area contributed by atoms with E-state index in [2.05, 4.69) is 24.0 Å². The van der Waals surface area contributed by atoms with Crippen LogP contribution >= 0.6 is 11.6 Å².